The summed E-state index contributed by atoms with van der Waals surface area (Å²) in [6.07, 6.45) is 1.04. The molecule has 0 saturated carbocycles. The Bertz CT molecular complexity index is 986. The molecule has 2 heteroatoms. The maximum Gasteiger partial charge on any atom is 0.209 e. The van der Waals surface area contributed by atoms with Crippen LogP contribution in [0.3, 0.4) is 0 Å². The summed E-state index contributed by atoms with van der Waals surface area (Å²) >= 11 is 0. The third kappa shape index (κ3) is 2.64. The maximum absolute atomic E-state index is 2.41. The summed E-state index contributed by atoms with van der Waals surface area (Å²) in [5, 5.41) is 2.71. The van der Waals surface area contributed by atoms with E-state index in [2.05, 4.69) is 93.1 Å². The van der Waals surface area contributed by atoms with Crippen molar-refractivity contribution < 1.29 is 21.6 Å². The molecule has 0 saturated heterocycles. The predicted molar refractivity (Wildman–Crippen MR) is 103 cm³/mol. The topological polar surface area (TPSA) is 3.01 Å². The van der Waals surface area contributed by atoms with Crippen molar-refractivity contribution in [3.05, 3.63) is 77.4 Å². The van der Waals surface area contributed by atoms with Gasteiger partial charge in [-0.1, -0.05) is 48.5 Å². The molecule has 1 unspecified atom stereocenters. The largest absolute Gasteiger partial charge is 1.00 e. The molecule has 25 heavy (non-hydrogen) atoms. The lowest BCUT2D eigenvalue weighted by Gasteiger charge is -2.24. The Labute approximate surface area is 160 Å². The molecule has 0 bridgehead atoms. The molecule has 4 rings (SSSR count). The SMILES string of the molecule is CC1=[N+](C)c2ccc3ccccc3c2C1(C)Cc1ccccc1C.[Br-]. The van der Waals surface area contributed by atoms with E-state index in [1.165, 1.54) is 38.9 Å². The summed E-state index contributed by atoms with van der Waals surface area (Å²) in [6, 6.07) is 22.1. The van der Waals surface area contributed by atoms with Crippen molar-refractivity contribution in [3.63, 3.8) is 0 Å². The minimum absolute atomic E-state index is 0. The lowest BCUT2D eigenvalue weighted by atomic mass is 9.73. The van der Waals surface area contributed by atoms with Crippen LogP contribution in [0.5, 0.6) is 0 Å². The minimum atomic E-state index is 0. The third-order valence-electron chi connectivity index (χ3n) is 5.93. The fourth-order valence-corrected chi connectivity index (χ4v) is 4.26. The molecular weight excluding hydrogens is 370 g/mol. The number of rotatable bonds is 2. The molecule has 0 aromatic heterocycles. The van der Waals surface area contributed by atoms with Gasteiger partial charge < -0.3 is 17.0 Å². The van der Waals surface area contributed by atoms with Crippen molar-refractivity contribution >= 4 is 22.2 Å². The Kier molecular flexibility index (Phi) is 4.59. The van der Waals surface area contributed by atoms with Crippen LogP contribution in [0.2, 0.25) is 0 Å². The van der Waals surface area contributed by atoms with Crippen LogP contribution >= 0.6 is 0 Å². The smallest absolute Gasteiger partial charge is 0.209 e. The Hall–Kier alpha value is -1.93. The van der Waals surface area contributed by atoms with E-state index in [0.717, 1.165) is 6.42 Å². The van der Waals surface area contributed by atoms with Crippen LogP contribution < -0.4 is 17.0 Å². The van der Waals surface area contributed by atoms with Crippen LogP contribution in [0.15, 0.2) is 60.7 Å². The number of benzene rings is 3. The average Bonchev–Trinajstić information content (AvgIpc) is 2.79. The highest BCUT2D eigenvalue weighted by molar-refractivity contribution is 6.02. The zero-order chi connectivity index (χ0) is 16.9. The third-order valence-corrected chi connectivity index (χ3v) is 5.93. The van der Waals surface area contributed by atoms with Gasteiger partial charge in [0.15, 0.2) is 5.71 Å². The molecule has 1 atom stereocenters. The lowest BCUT2D eigenvalue weighted by Crippen LogP contribution is -3.00. The Morgan fingerprint density at radius 1 is 0.880 bits per heavy atom. The molecule has 128 valence electrons. The fourth-order valence-electron chi connectivity index (χ4n) is 4.26. The highest BCUT2D eigenvalue weighted by Gasteiger charge is 2.46. The molecule has 1 aliphatic rings. The van der Waals surface area contributed by atoms with E-state index in [0.29, 0.717) is 0 Å². The van der Waals surface area contributed by atoms with E-state index in [1.54, 1.807) is 0 Å². The molecule has 0 N–H and O–H groups in total. The minimum Gasteiger partial charge on any atom is -1.00 e. The number of aryl methyl sites for hydroxylation is 1. The van der Waals surface area contributed by atoms with Crippen LogP contribution in [-0.4, -0.2) is 17.3 Å². The molecule has 0 spiro atoms. The molecule has 0 amide bonds. The van der Waals surface area contributed by atoms with Crippen molar-refractivity contribution in [2.75, 3.05) is 7.05 Å². The number of fused-ring (bicyclic) bond motifs is 3. The van der Waals surface area contributed by atoms with Crippen LogP contribution in [0.4, 0.5) is 5.69 Å². The van der Waals surface area contributed by atoms with Crippen LogP contribution in [-0.2, 0) is 11.8 Å². The Morgan fingerprint density at radius 2 is 1.56 bits per heavy atom. The second kappa shape index (κ2) is 6.42. The second-order valence-electron chi connectivity index (χ2n) is 7.26. The Morgan fingerprint density at radius 3 is 2.32 bits per heavy atom. The van der Waals surface area contributed by atoms with Gasteiger partial charge in [0.05, 0.1) is 5.41 Å². The number of halogens is 1. The Balaban J connectivity index is 0.00000182. The zero-order valence-electron chi connectivity index (χ0n) is 15.3. The maximum atomic E-state index is 2.41. The first-order valence-corrected chi connectivity index (χ1v) is 8.67. The number of hydrogen-bond donors (Lipinski definition) is 0. The van der Waals surface area contributed by atoms with Crippen molar-refractivity contribution in [3.8, 4) is 0 Å². The molecule has 1 aliphatic heterocycles. The first-order valence-electron chi connectivity index (χ1n) is 8.67. The first kappa shape index (κ1) is 17.9. The van der Waals surface area contributed by atoms with Crippen LogP contribution in [0.25, 0.3) is 10.8 Å². The van der Waals surface area contributed by atoms with Crippen molar-refractivity contribution in [1.29, 1.82) is 0 Å². The van der Waals surface area contributed by atoms with Gasteiger partial charge in [-0.2, -0.15) is 0 Å². The van der Waals surface area contributed by atoms with E-state index >= 15 is 0 Å². The van der Waals surface area contributed by atoms with Gasteiger partial charge in [-0.3, -0.25) is 0 Å². The standard InChI is InChI=1S/C23H24N.BrH/c1-16-9-5-6-11-19(16)15-23(3)17(2)24(4)21-14-13-18-10-7-8-12-20(18)22(21)23;/h5-14H,15H2,1-4H3;1H/q+1;/p-1. The van der Waals surface area contributed by atoms with E-state index in [1.807, 2.05) is 0 Å². The van der Waals surface area contributed by atoms with Gasteiger partial charge in [-0.25, -0.2) is 4.58 Å². The van der Waals surface area contributed by atoms with Gasteiger partial charge in [0.2, 0.25) is 5.69 Å². The van der Waals surface area contributed by atoms with Gasteiger partial charge in [0, 0.05) is 18.6 Å². The van der Waals surface area contributed by atoms with E-state index < -0.39 is 0 Å². The second-order valence-corrected chi connectivity index (χ2v) is 7.26. The van der Waals surface area contributed by atoms with Gasteiger partial charge in [0.1, 0.15) is 7.05 Å². The molecule has 3 aromatic carbocycles. The summed E-state index contributed by atoms with van der Waals surface area (Å²) in [6.45, 7) is 6.91. The van der Waals surface area contributed by atoms with Gasteiger partial charge >= 0.3 is 0 Å². The molecule has 0 aliphatic carbocycles. The van der Waals surface area contributed by atoms with Gasteiger partial charge in [-0.15, -0.1) is 0 Å². The quantitative estimate of drug-likeness (QED) is 0.588. The fraction of sp³-hybridized carbons (Fsp3) is 0.261. The molecule has 0 fully saturated rings. The highest BCUT2D eigenvalue weighted by Crippen LogP contribution is 2.45. The van der Waals surface area contributed by atoms with Crippen LogP contribution in [0.1, 0.15) is 30.5 Å². The molecule has 1 nitrogen and oxygen atoms in total. The van der Waals surface area contributed by atoms with Crippen LogP contribution in [0, 0.1) is 6.92 Å². The number of nitrogens with zero attached hydrogens (tertiary/aromatic N) is 1. The summed E-state index contributed by atoms with van der Waals surface area (Å²) < 4.78 is 2.38. The predicted octanol–water partition coefficient (Wildman–Crippen LogP) is 2.40. The zero-order valence-corrected chi connectivity index (χ0v) is 16.9. The summed E-state index contributed by atoms with van der Waals surface area (Å²) in [5.41, 5.74) is 7.09. The highest BCUT2D eigenvalue weighted by atomic mass is 79.9. The molecule has 0 radical (unpaired) electrons. The van der Waals surface area contributed by atoms with E-state index in [4.69, 9.17) is 0 Å². The van der Waals surface area contributed by atoms with Crippen molar-refractivity contribution in [2.24, 2.45) is 0 Å². The molecular formula is C23H24BrN. The van der Waals surface area contributed by atoms with E-state index in [-0.39, 0.29) is 22.4 Å². The van der Waals surface area contributed by atoms with E-state index in [9.17, 15) is 0 Å². The monoisotopic (exact) mass is 393 g/mol. The summed E-state index contributed by atoms with van der Waals surface area (Å²) in [4.78, 5) is 0. The average molecular weight is 394 g/mol. The molecule has 1 heterocycles. The summed E-state index contributed by atoms with van der Waals surface area (Å²) in [7, 11) is 2.20. The first-order chi connectivity index (χ1) is 11.5. The lowest BCUT2D eigenvalue weighted by molar-refractivity contribution is -0.403. The summed E-state index contributed by atoms with van der Waals surface area (Å²) in [5.74, 6) is 0. The normalized spacial score (nSPS) is 19.0. The van der Waals surface area contributed by atoms with Crippen molar-refractivity contribution in [1.82, 2.24) is 0 Å². The van der Waals surface area contributed by atoms with Gasteiger partial charge in [-0.05, 0) is 48.2 Å². The van der Waals surface area contributed by atoms with Gasteiger partial charge in [0.25, 0.3) is 0 Å². The van der Waals surface area contributed by atoms with Crippen molar-refractivity contribution in [2.45, 2.75) is 32.6 Å². The number of hydrogen-bond acceptors (Lipinski definition) is 0. The molecule has 3 aromatic rings.